The molecular formula is C18H22ClNO. The number of aliphatic hydroxyl groups is 1. The van der Waals surface area contributed by atoms with Crippen molar-refractivity contribution in [2.45, 2.75) is 12.5 Å². The summed E-state index contributed by atoms with van der Waals surface area (Å²) in [5, 5.41) is 12.2. The molecule has 2 aromatic rings. The fourth-order valence-electron chi connectivity index (χ4n) is 2.81. The summed E-state index contributed by atoms with van der Waals surface area (Å²) in [7, 11) is 4.04. The van der Waals surface area contributed by atoms with Crippen molar-refractivity contribution in [3.63, 3.8) is 0 Å². The number of hydrogen-bond donors (Lipinski definition) is 1. The molecular weight excluding hydrogens is 282 g/mol. The number of benzene rings is 2. The SMILES string of the molecule is C[C@@H](CN(C)C)[C@@](O)(c1ccccc1)c1ccc(Cl)cc1. The maximum Gasteiger partial charge on any atom is 0.118 e. The molecule has 2 aromatic carbocycles. The average molecular weight is 304 g/mol. The summed E-state index contributed by atoms with van der Waals surface area (Å²) in [4.78, 5) is 2.09. The largest absolute Gasteiger partial charge is 0.380 e. The van der Waals surface area contributed by atoms with Gasteiger partial charge in [0.2, 0.25) is 0 Å². The minimum Gasteiger partial charge on any atom is -0.380 e. The molecule has 0 radical (unpaired) electrons. The van der Waals surface area contributed by atoms with Gasteiger partial charge in [0.15, 0.2) is 0 Å². The summed E-state index contributed by atoms with van der Waals surface area (Å²) >= 11 is 5.98. The van der Waals surface area contributed by atoms with E-state index in [0.29, 0.717) is 5.02 Å². The van der Waals surface area contributed by atoms with Gasteiger partial charge in [0.1, 0.15) is 5.60 Å². The highest BCUT2D eigenvalue weighted by molar-refractivity contribution is 6.30. The van der Waals surface area contributed by atoms with Crippen LogP contribution in [0.4, 0.5) is 0 Å². The van der Waals surface area contributed by atoms with Gasteiger partial charge in [-0.3, -0.25) is 0 Å². The second-order valence-electron chi connectivity index (χ2n) is 5.80. The average Bonchev–Trinajstić information content (AvgIpc) is 2.47. The van der Waals surface area contributed by atoms with E-state index in [0.717, 1.165) is 17.7 Å². The molecule has 0 aliphatic carbocycles. The number of nitrogens with zero attached hydrogens (tertiary/aromatic N) is 1. The molecule has 1 N–H and O–H groups in total. The Labute approximate surface area is 132 Å². The maximum atomic E-state index is 11.5. The molecule has 0 aromatic heterocycles. The summed E-state index contributed by atoms with van der Waals surface area (Å²) in [5.74, 6) is 0.0380. The van der Waals surface area contributed by atoms with Crippen molar-refractivity contribution in [1.29, 1.82) is 0 Å². The van der Waals surface area contributed by atoms with Gasteiger partial charge in [0.05, 0.1) is 0 Å². The van der Waals surface area contributed by atoms with Crippen LogP contribution in [0.15, 0.2) is 54.6 Å². The quantitative estimate of drug-likeness (QED) is 0.909. The Bertz CT molecular complexity index is 568. The Morgan fingerprint density at radius 1 is 1.00 bits per heavy atom. The van der Waals surface area contributed by atoms with Crippen molar-refractivity contribution in [1.82, 2.24) is 4.90 Å². The zero-order chi connectivity index (χ0) is 15.5. The van der Waals surface area contributed by atoms with Crippen molar-refractivity contribution in [3.05, 3.63) is 70.7 Å². The van der Waals surface area contributed by atoms with Crippen LogP contribution >= 0.6 is 11.6 Å². The molecule has 0 amide bonds. The van der Waals surface area contributed by atoms with Crippen LogP contribution in [0.3, 0.4) is 0 Å². The monoisotopic (exact) mass is 303 g/mol. The lowest BCUT2D eigenvalue weighted by Crippen LogP contribution is -2.40. The molecule has 112 valence electrons. The molecule has 0 aliphatic heterocycles. The van der Waals surface area contributed by atoms with Crippen molar-refractivity contribution in [2.24, 2.45) is 5.92 Å². The molecule has 0 saturated heterocycles. The van der Waals surface area contributed by atoms with Crippen LogP contribution in [-0.4, -0.2) is 30.6 Å². The van der Waals surface area contributed by atoms with E-state index in [4.69, 9.17) is 11.6 Å². The Morgan fingerprint density at radius 3 is 2.05 bits per heavy atom. The van der Waals surface area contributed by atoms with Crippen molar-refractivity contribution in [2.75, 3.05) is 20.6 Å². The zero-order valence-electron chi connectivity index (χ0n) is 12.8. The summed E-state index contributed by atoms with van der Waals surface area (Å²) in [6.45, 7) is 2.86. The lowest BCUT2D eigenvalue weighted by molar-refractivity contribution is 0.0134. The van der Waals surface area contributed by atoms with E-state index in [2.05, 4.69) is 11.8 Å². The lowest BCUT2D eigenvalue weighted by Gasteiger charge is -2.36. The molecule has 0 bridgehead atoms. The molecule has 2 nitrogen and oxygen atoms in total. The highest BCUT2D eigenvalue weighted by Gasteiger charge is 2.37. The van der Waals surface area contributed by atoms with Gasteiger partial charge in [0.25, 0.3) is 0 Å². The van der Waals surface area contributed by atoms with Crippen LogP contribution in [0.2, 0.25) is 5.02 Å². The second-order valence-corrected chi connectivity index (χ2v) is 6.24. The third kappa shape index (κ3) is 3.46. The Hall–Kier alpha value is -1.35. The summed E-state index contributed by atoms with van der Waals surface area (Å²) in [5.41, 5.74) is 0.741. The van der Waals surface area contributed by atoms with E-state index in [-0.39, 0.29) is 5.92 Å². The molecule has 0 saturated carbocycles. The Morgan fingerprint density at radius 2 is 1.52 bits per heavy atom. The van der Waals surface area contributed by atoms with Gasteiger partial charge in [-0.1, -0.05) is 61.0 Å². The molecule has 0 unspecified atom stereocenters. The molecule has 0 fully saturated rings. The molecule has 0 aliphatic rings. The third-order valence-electron chi connectivity index (χ3n) is 3.85. The second kappa shape index (κ2) is 6.61. The number of hydrogen-bond acceptors (Lipinski definition) is 2. The van der Waals surface area contributed by atoms with Gasteiger partial charge in [-0.2, -0.15) is 0 Å². The smallest absolute Gasteiger partial charge is 0.118 e. The normalized spacial score (nSPS) is 15.7. The van der Waals surface area contributed by atoms with Crippen LogP contribution in [-0.2, 0) is 5.60 Å². The lowest BCUT2D eigenvalue weighted by atomic mass is 9.76. The van der Waals surface area contributed by atoms with E-state index >= 15 is 0 Å². The summed E-state index contributed by atoms with van der Waals surface area (Å²) < 4.78 is 0. The van der Waals surface area contributed by atoms with Crippen LogP contribution in [0, 0.1) is 5.92 Å². The number of halogens is 1. The van der Waals surface area contributed by atoms with Gasteiger partial charge in [0, 0.05) is 17.5 Å². The van der Waals surface area contributed by atoms with Crippen LogP contribution < -0.4 is 0 Å². The molecule has 2 rings (SSSR count). The molecule has 21 heavy (non-hydrogen) atoms. The molecule has 0 heterocycles. The van der Waals surface area contributed by atoms with Crippen molar-refractivity contribution >= 4 is 11.6 Å². The number of rotatable bonds is 5. The highest BCUT2D eigenvalue weighted by atomic mass is 35.5. The van der Waals surface area contributed by atoms with Gasteiger partial charge in [-0.15, -0.1) is 0 Å². The summed E-state index contributed by atoms with van der Waals surface area (Å²) in [6.07, 6.45) is 0. The first-order valence-electron chi connectivity index (χ1n) is 7.13. The first-order chi connectivity index (χ1) is 9.94. The Balaban J connectivity index is 2.50. The molecule has 2 atom stereocenters. The Kier molecular flexibility index (Phi) is 5.04. The van der Waals surface area contributed by atoms with Crippen molar-refractivity contribution in [3.8, 4) is 0 Å². The van der Waals surface area contributed by atoms with Gasteiger partial charge < -0.3 is 10.0 Å². The van der Waals surface area contributed by atoms with Crippen molar-refractivity contribution < 1.29 is 5.11 Å². The van der Waals surface area contributed by atoms with Crippen LogP contribution in [0.5, 0.6) is 0 Å². The third-order valence-corrected chi connectivity index (χ3v) is 4.10. The first-order valence-corrected chi connectivity index (χ1v) is 7.51. The minimum absolute atomic E-state index is 0.0380. The van der Waals surface area contributed by atoms with E-state index in [1.807, 2.05) is 68.7 Å². The van der Waals surface area contributed by atoms with Crippen LogP contribution in [0.25, 0.3) is 0 Å². The first kappa shape index (κ1) is 16.0. The van der Waals surface area contributed by atoms with Gasteiger partial charge in [-0.25, -0.2) is 0 Å². The van der Waals surface area contributed by atoms with E-state index in [1.54, 1.807) is 0 Å². The molecule has 0 spiro atoms. The van der Waals surface area contributed by atoms with E-state index in [9.17, 15) is 5.11 Å². The highest BCUT2D eigenvalue weighted by Crippen LogP contribution is 2.37. The van der Waals surface area contributed by atoms with Crippen LogP contribution in [0.1, 0.15) is 18.1 Å². The minimum atomic E-state index is -1.03. The van der Waals surface area contributed by atoms with E-state index in [1.165, 1.54) is 0 Å². The van der Waals surface area contributed by atoms with Gasteiger partial charge in [-0.05, 0) is 37.4 Å². The fraction of sp³-hybridized carbons (Fsp3) is 0.333. The maximum absolute atomic E-state index is 11.5. The molecule has 3 heteroatoms. The topological polar surface area (TPSA) is 23.5 Å². The van der Waals surface area contributed by atoms with Gasteiger partial charge >= 0.3 is 0 Å². The predicted molar refractivity (Wildman–Crippen MR) is 88.6 cm³/mol. The standard InChI is InChI=1S/C18H22ClNO/c1-14(13-20(2)3)18(21,15-7-5-4-6-8-15)16-9-11-17(19)12-10-16/h4-12,14,21H,13H2,1-3H3/t14-,18+/m0/s1. The fourth-order valence-corrected chi connectivity index (χ4v) is 2.94. The summed E-state index contributed by atoms with van der Waals surface area (Å²) in [6, 6.07) is 17.3. The zero-order valence-corrected chi connectivity index (χ0v) is 13.5. The van der Waals surface area contributed by atoms with E-state index < -0.39 is 5.60 Å². The predicted octanol–water partition coefficient (Wildman–Crippen LogP) is 3.77.